The number of fused-ring (bicyclic) bond motifs is 2. The first-order valence-corrected chi connectivity index (χ1v) is 10.3. The van der Waals surface area contributed by atoms with Crippen LogP contribution in [0.5, 0.6) is 0 Å². The van der Waals surface area contributed by atoms with Gasteiger partial charge in [-0.05, 0) is 45.3 Å². The number of nitrogens with two attached hydrogens (primary N) is 1. The zero-order valence-electron chi connectivity index (χ0n) is 17.6. The number of para-hydroxylation sites is 1. The number of benzene rings is 4. The fourth-order valence-electron chi connectivity index (χ4n) is 3.97. The van der Waals surface area contributed by atoms with Gasteiger partial charge in [0.15, 0.2) is 0 Å². The van der Waals surface area contributed by atoms with E-state index in [1.54, 1.807) is 24.3 Å². The highest BCUT2D eigenvalue weighted by atomic mass is 16.2. The first kappa shape index (κ1) is 21.1. The lowest BCUT2D eigenvalue weighted by molar-refractivity contribution is -0.119. The summed E-state index contributed by atoms with van der Waals surface area (Å²) < 4.78 is 0. The van der Waals surface area contributed by atoms with Crippen molar-refractivity contribution in [2.45, 2.75) is 19.4 Å². The normalized spacial score (nSPS) is 11.8. The molecule has 4 aromatic carbocycles. The molecule has 4 N–H and O–H groups in total. The van der Waals surface area contributed by atoms with E-state index in [4.69, 9.17) is 5.73 Å². The van der Waals surface area contributed by atoms with Crippen molar-refractivity contribution < 1.29 is 14.4 Å². The van der Waals surface area contributed by atoms with Gasteiger partial charge in [0, 0.05) is 13.3 Å². The Morgan fingerprint density at radius 3 is 2.00 bits per heavy atom. The van der Waals surface area contributed by atoms with Crippen LogP contribution in [-0.2, 0) is 16.0 Å². The highest BCUT2D eigenvalue weighted by molar-refractivity contribution is 6.06. The van der Waals surface area contributed by atoms with Gasteiger partial charge in [-0.25, -0.2) is 0 Å². The molecule has 0 radical (unpaired) electrons. The van der Waals surface area contributed by atoms with Crippen molar-refractivity contribution in [2.24, 2.45) is 5.73 Å². The number of primary amides is 1. The van der Waals surface area contributed by atoms with Crippen molar-refractivity contribution >= 4 is 45.0 Å². The van der Waals surface area contributed by atoms with E-state index < -0.39 is 17.9 Å². The Bertz CT molecular complexity index is 1290. The van der Waals surface area contributed by atoms with Gasteiger partial charge in [-0.3, -0.25) is 14.4 Å². The van der Waals surface area contributed by atoms with Gasteiger partial charge >= 0.3 is 0 Å². The molecule has 0 spiro atoms. The molecule has 6 heteroatoms. The molecular formula is C26H23N3O3. The minimum Gasteiger partial charge on any atom is -0.368 e. The van der Waals surface area contributed by atoms with Crippen LogP contribution in [0.15, 0.2) is 78.9 Å². The van der Waals surface area contributed by atoms with Gasteiger partial charge in [-0.1, -0.05) is 60.7 Å². The largest absolute Gasteiger partial charge is 0.368 e. The molecule has 0 bridgehead atoms. The molecule has 0 aliphatic heterocycles. The third-order valence-electron chi connectivity index (χ3n) is 5.42. The van der Waals surface area contributed by atoms with E-state index in [1.165, 1.54) is 6.92 Å². The summed E-state index contributed by atoms with van der Waals surface area (Å²) in [6.45, 7) is 1.37. The van der Waals surface area contributed by atoms with Crippen molar-refractivity contribution in [3.63, 3.8) is 0 Å². The molecule has 0 aliphatic carbocycles. The standard InChI is InChI=1S/C26H23N3O3/c1-16(30)28-23-13-7-6-12-21(23)26(32)29-24(25(27)31)15-22-19-10-4-2-8-17(19)14-18-9-3-5-11-20(18)22/h2-14,24H,15H2,1H3,(H2,27,31)(H,28,30)(H,29,32)/t24-/m0/s1. The lowest BCUT2D eigenvalue weighted by Crippen LogP contribution is -2.46. The number of hydrogen-bond acceptors (Lipinski definition) is 3. The number of carbonyl (C=O) groups is 3. The molecule has 32 heavy (non-hydrogen) atoms. The minimum absolute atomic E-state index is 0.241. The van der Waals surface area contributed by atoms with Crippen molar-refractivity contribution in [1.82, 2.24) is 5.32 Å². The van der Waals surface area contributed by atoms with E-state index in [0.717, 1.165) is 27.1 Å². The van der Waals surface area contributed by atoms with Gasteiger partial charge in [-0.15, -0.1) is 0 Å². The van der Waals surface area contributed by atoms with Gasteiger partial charge in [0.25, 0.3) is 5.91 Å². The van der Waals surface area contributed by atoms with Crippen LogP contribution >= 0.6 is 0 Å². The van der Waals surface area contributed by atoms with Crippen LogP contribution in [0, 0.1) is 0 Å². The van der Waals surface area contributed by atoms with Crippen molar-refractivity contribution in [1.29, 1.82) is 0 Å². The smallest absolute Gasteiger partial charge is 0.254 e. The number of amides is 3. The van der Waals surface area contributed by atoms with Crippen LogP contribution in [0.2, 0.25) is 0 Å². The molecule has 0 saturated heterocycles. The molecule has 160 valence electrons. The number of anilines is 1. The second-order valence-corrected chi connectivity index (χ2v) is 7.66. The Morgan fingerprint density at radius 1 is 0.844 bits per heavy atom. The van der Waals surface area contributed by atoms with E-state index >= 15 is 0 Å². The average molecular weight is 425 g/mol. The van der Waals surface area contributed by atoms with Gasteiger partial charge in [0.1, 0.15) is 6.04 Å². The first-order chi connectivity index (χ1) is 15.4. The van der Waals surface area contributed by atoms with Crippen molar-refractivity contribution in [2.75, 3.05) is 5.32 Å². The summed E-state index contributed by atoms with van der Waals surface area (Å²) in [4.78, 5) is 36.8. The van der Waals surface area contributed by atoms with Gasteiger partial charge in [0.05, 0.1) is 11.3 Å². The van der Waals surface area contributed by atoms with E-state index in [9.17, 15) is 14.4 Å². The molecule has 1 atom stereocenters. The maximum absolute atomic E-state index is 13.0. The predicted molar refractivity (Wildman–Crippen MR) is 126 cm³/mol. The quantitative estimate of drug-likeness (QED) is 0.410. The zero-order valence-corrected chi connectivity index (χ0v) is 17.6. The third kappa shape index (κ3) is 4.30. The molecule has 0 heterocycles. The predicted octanol–water partition coefficient (Wildman–Crippen LogP) is 3.78. The van der Waals surface area contributed by atoms with Crippen molar-refractivity contribution in [3.8, 4) is 0 Å². The number of carbonyl (C=O) groups excluding carboxylic acids is 3. The Balaban J connectivity index is 1.71. The molecule has 6 nitrogen and oxygen atoms in total. The highest BCUT2D eigenvalue weighted by Crippen LogP contribution is 2.29. The van der Waals surface area contributed by atoms with E-state index in [-0.39, 0.29) is 17.9 Å². The second kappa shape index (κ2) is 8.89. The zero-order chi connectivity index (χ0) is 22.7. The highest BCUT2D eigenvalue weighted by Gasteiger charge is 2.23. The van der Waals surface area contributed by atoms with Crippen LogP contribution in [-0.4, -0.2) is 23.8 Å². The summed E-state index contributed by atoms with van der Waals surface area (Å²) in [5, 5.41) is 9.50. The maximum atomic E-state index is 13.0. The van der Waals surface area contributed by atoms with Crippen LogP contribution < -0.4 is 16.4 Å². The second-order valence-electron chi connectivity index (χ2n) is 7.66. The number of hydrogen-bond donors (Lipinski definition) is 3. The molecule has 4 aromatic rings. The Kier molecular flexibility index (Phi) is 5.85. The van der Waals surface area contributed by atoms with E-state index in [2.05, 4.69) is 16.7 Å². The van der Waals surface area contributed by atoms with E-state index in [1.807, 2.05) is 48.5 Å². The lowest BCUT2D eigenvalue weighted by atomic mass is 9.92. The third-order valence-corrected chi connectivity index (χ3v) is 5.42. The van der Waals surface area contributed by atoms with Gasteiger partial charge in [-0.2, -0.15) is 0 Å². The number of rotatable bonds is 6. The minimum atomic E-state index is -0.929. The Labute approximate surface area is 185 Å². The molecule has 0 aromatic heterocycles. The van der Waals surface area contributed by atoms with E-state index in [0.29, 0.717) is 5.69 Å². The fourth-order valence-corrected chi connectivity index (χ4v) is 3.97. The maximum Gasteiger partial charge on any atom is 0.254 e. The molecule has 4 rings (SSSR count). The molecule has 3 amide bonds. The molecule has 0 aliphatic rings. The van der Waals surface area contributed by atoms with Crippen LogP contribution in [0.25, 0.3) is 21.5 Å². The first-order valence-electron chi connectivity index (χ1n) is 10.3. The van der Waals surface area contributed by atoms with Crippen LogP contribution in [0.1, 0.15) is 22.8 Å². The Hall–Kier alpha value is -4.19. The summed E-state index contributed by atoms with van der Waals surface area (Å²) in [5.74, 6) is -1.41. The molecule has 0 unspecified atom stereocenters. The summed E-state index contributed by atoms with van der Waals surface area (Å²) in [6, 6.07) is 23.7. The van der Waals surface area contributed by atoms with Crippen LogP contribution in [0.4, 0.5) is 5.69 Å². The number of nitrogens with one attached hydrogen (secondary N) is 2. The fraction of sp³-hybridized carbons (Fsp3) is 0.115. The molecule has 0 fully saturated rings. The Morgan fingerprint density at radius 2 is 1.41 bits per heavy atom. The lowest BCUT2D eigenvalue weighted by Gasteiger charge is -2.19. The summed E-state index contributed by atoms with van der Waals surface area (Å²) in [6.07, 6.45) is 0.241. The molecule has 0 saturated carbocycles. The summed E-state index contributed by atoms with van der Waals surface area (Å²) in [7, 11) is 0. The monoisotopic (exact) mass is 425 g/mol. The molecular weight excluding hydrogens is 402 g/mol. The SMILES string of the molecule is CC(=O)Nc1ccccc1C(=O)N[C@@H](Cc1c2ccccc2cc2ccccc12)C(N)=O. The average Bonchev–Trinajstić information content (AvgIpc) is 2.78. The van der Waals surface area contributed by atoms with Crippen molar-refractivity contribution in [3.05, 3.63) is 90.0 Å². The summed E-state index contributed by atoms with van der Waals surface area (Å²) >= 11 is 0. The topological polar surface area (TPSA) is 101 Å². The van der Waals surface area contributed by atoms with Gasteiger partial charge < -0.3 is 16.4 Å². The van der Waals surface area contributed by atoms with Crippen LogP contribution in [0.3, 0.4) is 0 Å². The van der Waals surface area contributed by atoms with Gasteiger partial charge in [0.2, 0.25) is 11.8 Å². The summed E-state index contributed by atoms with van der Waals surface area (Å²) in [5.41, 5.74) is 7.27.